The number of aryl methyl sites for hydroxylation is 1. The van der Waals surface area contributed by atoms with Crippen molar-refractivity contribution in [2.24, 2.45) is 0 Å². The molecular formula is C14H16BrNOS. The van der Waals surface area contributed by atoms with Crippen LogP contribution in [-0.2, 0) is 19.7 Å². The molecule has 0 radical (unpaired) electrons. The van der Waals surface area contributed by atoms with E-state index in [0.717, 1.165) is 18.7 Å². The molecule has 0 bridgehead atoms. The highest BCUT2D eigenvalue weighted by molar-refractivity contribution is 9.10. The summed E-state index contributed by atoms with van der Waals surface area (Å²) >= 11 is 5.33. The maximum atomic E-state index is 9.07. The summed E-state index contributed by atoms with van der Waals surface area (Å²) in [5, 5.41) is 12.5. The smallest absolute Gasteiger partial charge is 0.0681 e. The van der Waals surface area contributed by atoms with Crippen LogP contribution < -0.4 is 5.32 Å². The number of rotatable bonds is 5. The fraction of sp³-hybridized carbons (Fsp3) is 0.286. The first-order valence-electron chi connectivity index (χ1n) is 5.83. The molecule has 96 valence electrons. The van der Waals surface area contributed by atoms with Crippen molar-refractivity contribution in [1.29, 1.82) is 0 Å². The maximum Gasteiger partial charge on any atom is 0.0681 e. The van der Waals surface area contributed by atoms with Gasteiger partial charge < -0.3 is 10.4 Å². The van der Waals surface area contributed by atoms with E-state index in [1.807, 2.05) is 29.5 Å². The number of thiophene rings is 1. The third-order valence-electron chi connectivity index (χ3n) is 2.71. The zero-order valence-electron chi connectivity index (χ0n) is 10.2. The van der Waals surface area contributed by atoms with Crippen molar-refractivity contribution in [2.75, 3.05) is 0 Å². The van der Waals surface area contributed by atoms with Crippen molar-refractivity contribution in [1.82, 2.24) is 5.32 Å². The highest BCUT2D eigenvalue weighted by Gasteiger charge is 2.02. The summed E-state index contributed by atoms with van der Waals surface area (Å²) in [5.74, 6) is 0. The van der Waals surface area contributed by atoms with Gasteiger partial charge in [0.1, 0.15) is 0 Å². The molecule has 18 heavy (non-hydrogen) atoms. The van der Waals surface area contributed by atoms with Crippen molar-refractivity contribution in [3.8, 4) is 0 Å². The monoisotopic (exact) mass is 325 g/mol. The topological polar surface area (TPSA) is 32.3 Å². The summed E-state index contributed by atoms with van der Waals surface area (Å²) in [6, 6.07) is 10.2. The van der Waals surface area contributed by atoms with Crippen LogP contribution in [0.2, 0.25) is 0 Å². The number of hydrogen-bond donors (Lipinski definition) is 2. The molecule has 2 N–H and O–H groups in total. The lowest BCUT2D eigenvalue weighted by atomic mass is 10.1. The largest absolute Gasteiger partial charge is 0.392 e. The van der Waals surface area contributed by atoms with Gasteiger partial charge in [0.15, 0.2) is 0 Å². The quantitative estimate of drug-likeness (QED) is 0.880. The average molecular weight is 326 g/mol. The molecule has 0 aliphatic rings. The molecule has 0 amide bonds. The molecule has 4 heteroatoms. The van der Waals surface area contributed by atoms with Crippen molar-refractivity contribution < 1.29 is 5.11 Å². The molecule has 0 unspecified atom stereocenters. The standard InChI is InChI=1S/C14H16BrNOS/c1-10-14(15)6-13(18-10)8-16-7-11-3-2-4-12(5-11)9-17/h2-6,16-17H,7-9H2,1H3. The van der Waals surface area contributed by atoms with Crippen LogP contribution in [0, 0.1) is 6.92 Å². The number of aliphatic hydroxyl groups excluding tert-OH is 1. The van der Waals surface area contributed by atoms with E-state index >= 15 is 0 Å². The Bertz CT molecular complexity index is 505. The van der Waals surface area contributed by atoms with Crippen LogP contribution >= 0.6 is 27.3 Å². The van der Waals surface area contributed by atoms with Gasteiger partial charge in [-0.15, -0.1) is 11.3 Å². The number of nitrogens with one attached hydrogen (secondary N) is 1. The molecule has 0 fully saturated rings. The molecule has 0 aliphatic heterocycles. The van der Waals surface area contributed by atoms with E-state index < -0.39 is 0 Å². The van der Waals surface area contributed by atoms with E-state index in [9.17, 15) is 0 Å². The Morgan fingerprint density at radius 1 is 1.22 bits per heavy atom. The highest BCUT2D eigenvalue weighted by Crippen LogP contribution is 2.26. The van der Waals surface area contributed by atoms with Crippen molar-refractivity contribution in [3.63, 3.8) is 0 Å². The van der Waals surface area contributed by atoms with Gasteiger partial charge in [-0.25, -0.2) is 0 Å². The van der Waals surface area contributed by atoms with E-state index in [0.29, 0.717) is 0 Å². The Hall–Kier alpha value is -0.680. The van der Waals surface area contributed by atoms with Gasteiger partial charge in [0.25, 0.3) is 0 Å². The minimum absolute atomic E-state index is 0.102. The van der Waals surface area contributed by atoms with Gasteiger partial charge in [0.2, 0.25) is 0 Å². The lowest BCUT2D eigenvalue weighted by molar-refractivity contribution is 0.281. The van der Waals surface area contributed by atoms with Crippen molar-refractivity contribution in [2.45, 2.75) is 26.6 Å². The minimum Gasteiger partial charge on any atom is -0.392 e. The van der Waals surface area contributed by atoms with Crippen molar-refractivity contribution >= 4 is 27.3 Å². The SMILES string of the molecule is Cc1sc(CNCc2cccc(CO)c2)cc1Br. The summed E-state index contributed by atoms with van der Waals surface area (Å²) in [5.41, 5.74) is 2.16. The summed E-state index contributed by atoms with van der Waals surface area (Å²) in [6.07, 6.45) is 0. The molecule has 2 nitrogen and oxygen atoms in total. The first-order valence-corrected chi connectivity index (χ1v) is 7.44. The molecule has 1 aromatic heterocycles. The number of halogens is 1. The second kappa shape index (κ2) is 6.48. The fourth-order valence-electron chi connectivity index (χ4n) is 1.77. The molecule has 0 saturated carbocycles. The van der Waals surface area contributed by atoms with E-state index in [1.54, 1.807) is 0 Å². The second-order valence-electron chi connectivity index (χ2n) is 4.20. The normalized spacial score (nSPS) is 10.8. The summed E-state index contributed by atoms with van der Waals surface area (Å²) in [4.78, 5) is 2.65. The van der Waals surface area contributed by atoms with E-state index in [-0.39, 0.29) is 6.61 Å². The average Bonchev–Trinajstić information content (AvgIpc) is 2.69. The fourth-order valence-corrected chi connectivity index (χ4v) is 3.34. The summed E-state index contributed by atoms with van der Waals surface area (Å²) < 4.78 is 1.19. The molecule has 2 aromatic rings. The summed E-state index contributed by atoms with van der Waals surface area (Å²) in [7, 11) is 0. The van der Waals surface area contributed by atoms with Gasteiger partial charge in [0, 0.05) is 27.3 Å². The van der Waals surface area contributed by atoms with Crippen LogP contribution in [0.4, 0.5) is 0 Å². The maximum absolute atomic E-state index is 9.07. The molecular weight excluding hydrogens is 310 g/mol. The molecule has 0 saturated heterocycles. The van der Waals surface area contributed by atoms with Crippen LogP contribution in [0.3, 0.4) is 0 Å². The Morgan fingerprint density at radius 2 is 2.00 bits per heavy atom. The van der Waals surface area contributed by atoms with Crippen LogP contribution in [0.1, 0.15) is 20.9 Å². The zero-order valence-corrected chi connectivity index (χ0v) is 12.6. The lowest BCUT2D eigenvalue weighted by Crippen LogP contribution is -2.11. The van der Waals surface area contributed by atoms with Gasteiger partial charge in [-0.1, -0.05) is 24.3 Å². The second-order valence-corrected chi connectivity index (χ2v) is 6.39. The number of hydrogen-bond acceptors (Lipinski definition) is 3. The zero-order chi connectivity index (χ0) is 13.0. The molecule has 0 aliphatic carbocycles. The number of aliphatic hydroxyl groups is 1. The lowest BCUT2D eigenvalue weighted by Gasteiger charge is -2.05. The molecule has 2 rings (SSSR count). The van der Waals surface area contributed by atoms with Crippen LogP contribution in [0.5, 0.6) is 0 Å². The first-order chi connectivity index (χ1) is 8.69. The van der Waals surface area contributed by atoms with Crippen LogP contribution in [0.15, 0.2) is 34.8 Å². The van der Waals surface area contributed by atoms with Gasteiger partial charge in [-0.3, -0.25) is 0 Å². The molecule has 1 aromatic carbocycles. The summed E-state index contributed by atoms with van der Waals surface area (Å²) in [6.45, 7) is 3.91. The number of benzene rings is 1. The molecule has 0 atom stereocenters. The van der Waals surface area contributed by atoms with Gasteiger partial charge in [-0.05, 0) is 40.0 Å². The van der Waals surface area contributed by atoms with E-state index in [4.69, 9.17) is 5.11 Å². The van der Waals surface area contributed by atoms with Gasteiger partial charge >= 0.3 is 0 Å². The van der Waals surface area contributed by atoms with Crippen LogP contribution in [-0.4, -0.2) is 5.11 Å². The van der Waals surface area contributed by atoms with Crippen LogP contribution in [0.25, 0.3) is 0 Å². The third-order valence-corrected chi connectivity index (χ3v) is 4.85. The van der Waals surface area contributed by atoms with Crippen molar-refractivity contribution in [3.05, 3.63) is 55.7 Å². The molecule has 1 heterocycles. The Morgan fingerprint density at radius 3 is 2.67 bits per heavy atom. The Balaban J connectivity index is 1.88. The minimum atomic E-state index is 0.102. The Kier molecular flexibility index (Phi) is 4.95. The Labute approximate surface area is 120 Å². The van der Waals surface area contributed by atoms with Gasteiger partial charge in [0.05, 0.1) is 6.61 Å². The third kappa shape index (κ3) is 3.65. The van der Waals surface area contributed by atoms with E-state index in [2.05, 4.69) is 40.3 Å². The predicted molar refractivity (Wildman–Crippen MR) is 79.7 cm³/mol. The first kappa shape index (κ1) is 13.7. The highest BCUT2D eigenvalue weighted by atomic mass is 79.9. The van der Waals surface area contributed by atoms with Gasteiger partial charge in [-0.2, -0.15) is 0 Å². The molecule has 0 spiro atoms. The van der Waals surface area contributed by atoms with E-state index in [1.165, 1.54) is 19.8 Å². The predicted octanol–water partition coefficient (Wildman–Crippen LogP) is 3.60.